The average molecular weight is 317 g/mol. The first-order valence-electron chi connectivity index (χ1n) is 5.56. The lowest BCUT2D eigenvalue weighted by Gasteiger charge is -2.11. The topological polar surface area (TPSA) is 86.1 Å². The lowest BCUT2D eigenvalue weighted by atomic mass is 10.1. The zero-order chi connectivity index (χ0) is 15.6. The quantitative estimate of drug-likeness (QED) is 0.877. The molecule has 0 bridgehead atoms. The summed E-state index contributed by atoms with van der Waals surface area (Å²) in [5, 5.41) is 9.35. The molecular weight excluding hydrogens is 309 g/mol. The summed E-state index contributed by atoms with van der Waals surface area (Å²) in [6.45, 7) is 0. The summed E-state index contributed by atoms with van der Waals surface area (Å²) in [5.74, 6) is -1.33. The highest BCUT2D eigenvalue weighted by Crippen LogP contribution is 2.31. The zero-order valence-electron chi connectivity index (χ0n) is 10.3. The second kappa shape index (κ2) is 5.78. The minimum Gasteiger partial charge on any atom is -0.772 e. The van der Waals surface area contributed by atoms with Gasteiger partial charge in [-0.3, -0.25) is 4.21 Å². The number of aromatic hydroxyl groups is 1. The van der Waals surface area contributed by atoms with Crippen molar-refractivity contribution >= 4 is 11.1 Å². The van der Waals surface area contributed by atoms with Crippen molar-refractivity contribution in [1.29, 1.82) is 0 Å². The molecule has 2 rings (SSSR count). The molecule has 21 heavy (non-hydrogen) atoms. The highest BCUT2D eigenvalue weighted by molar-refractivity contribution is 7.78. The third kappa shape index (κ3) is 3.99. The number of hydrogen-bond acceptors (Lipinski definition) is 5. The number of aromatic nitrogens is 2. The molecule has 0 aliphatic rings. The normalized spacial score (nSPS) is 13.1. The standard InChI is InChI=1S/C12H9F3N2O3S/c13-12(14,15)10-5-9(7-2-1-3-8(18)4-7)16-11(17-10)6-21(19)20/h1-5,18H,6H2,(H,19,20)/p-1. The smallest absolute Gasteiger partial charge is 0.433 e. The number of hydrogen-bond donors (Lipinski definition) is 1. The number of rotatable bonds is 3. The lowest BCUT2D eigenvalue weighted by Crippen LogP contribution is -2.12. The van der Waals surface area contributed by atoms with Crippen LogP contribution in [0.15, 0.2) is 30.3 Å². The SMILES string of the molecule is O=S([O-])Cc1nc(-c2cccc(O)c2)cc(C(F)(F)F)n1. The summed E-state index contributed by atoms with van der Waals surface area (Å²) in [7, 11) is 0. The van der Waals surface area contributed by atoms with Gasteiger partial charge in [0, 0.05) is 5.56 Å². The summed E-state index contributed by atoms with van der Waals surface area (Å²) in [6, 6.07) is 6.15. The van der Waals surface area contributed by atoms with E-state index in [1.165, 1.54) is 24.3 Å². The Balaban J connectivity index is 2.57. The summed E-state index contributed by atoms with van der Waals surface area (Å²) >= 11 is -2.61. The van der Waals surface area contributed by atoms with E-state index in [4.69, 9.17) is 0 Å². The Morgan fingerprint density at radius 2 is 1.95 bits per heavy atom. The van der Waals surface area contributed by atoms with Crippen LogP contribution in [0.5, 0.6) is 5.75 Å². The molecule has 0 fully saturated rings. The van der Waals surface area contributed by atoms with E-state index in [2.05, 4.69) is 9.97 Å². The molecule has 1 aromatic carbocycles. The number of halogens is 3. The average Bonchev–Trinajstić information content (AvgIpc) is 2.36. The molecule has 0 amide bonds. The maximum atomic E-state index is 12.8. The fourth-order valence-corrected chi connectivity index (χ4v) is 1.97. The van der Waals surface area contributed by atoms with Crippen LogP contribution in [0, 0.1) is 0 Å². The number of alkyl halides is 3. The molecule has 1 heterocycles. The molecule has 0 saturated carbocycles. The number of nitrogens with zero attached hydrogens (tertiary/aromatic N) is 2. The fourth-order valence-electron chi connectivity index (χ4n) is 1.63. The van der Waals surface area contributed by atoms with E-state index in [0.29, 0.717) is 6.07 Å². The Morgan fingerprint density at radius 3 is 2.52 bits per heavy atom. The third-order valence-corrected chi connectivity index (χ3v) is 2.95. The van der Waals surface area contributed by atoms with Gasteiger partial charge in [0.05, 0.1) is 11.4 Å². The van der Waals surface area contributed by atoms with Crippen molar-refractivity contribution in [3.63, 3.8) is 0 Å². The molecule has 0 radical (unpaired) electrons. The summed E-state index contributed by atoms with van der Waals surface area (Å²) < 4.78 is 59.6. The minimum atomic E-state index is -4.73. The number of phenolic OH excluding ortho intramolecular Hbond substituents is 1. The molecule has 2 aromatic rings. The van der Waals surface area contributed by atoms with Gasteiger partial charge in [0.15, 0.2) is 0 Å². The zero-order valence-corrected chi connectivity index (χ0v) is 11.1. The van der Waals surface area contributed by atoms with E-state index in [0.717, 1.165) is 0 Å². The van der Waals surface area contributed by atoms with Crippen LogP contribution in [0.3, 0.4) is 0 Å². The first kappa shape index (κ1) is 15.4. The van der Waals surface area contributed by atoms with Gasteiger partial charge in [-0.05, 0) is 29.3 Å². The molecular formula is C12H8F3N2O3S-. The maximum absolute atomic E-state index is 12.8. The molecule has 0 saturated heterocycles. The van der Waals surface area contributed by atoms with Crippen molar-refractivity contribution < 1.29 is 27.0 Å². The largest absolute Gasteiger partial charge is 0.772 e. The first-order valence-corrected chi connectivity index (χ1v) is 6.80. The molecule has 9 heteroatoms. The van der Waals surface area contributed by atoms with Crippen molar-refractivity contribution in [3.05, 3.63) is 41.9 Å². The van der Waals surface area contributed by atoms with E-state index < -0.39 is 34.5 Å². The molecule has 1 unspecified atom stereocenters. The number of phenols is 1. The Morgan fingerprint density at radius 1 is 1.24 bits per heavy atom. The van der Waals surface area contributed by atoms with Gasteiger partial charge < -0.3 is 9.66 Å². The highest BCUT2D eigenvalue weighted by Gasteiger charge is 2.33. The molecule has 0 spiro atoms. The minimum absolute atomic E-state index is 0.117. The monoisotopic (exact) mass is 317 g/mol. The van der Waals surface area contributed by atoms with Crippen molar-refractivity contribution in [2.45, 2.75) is 11.9 Å². The molecule has 0 aliphatic heterocycles. The number of benzene rings is 1. The molecule has 0 aliphatic carbocycles. The molecule has 1 aromatic heterocycles. The summed E-state index contributed by atoms with van der Waals surface area (Å²) in [6.07, 6.45) is -4.73. The van der Waals surface area contributed by atoms with Gasteiger partial charge in [0.1, 0.15) is 17.3 Å². The van der Waals surface area contributed by atoms with Gasteiger partial charge in [-0.25, -0.2) is 9.97 Å². The van der Waals surface area contributed by atoms with Crippen LogP contribution < -0.4 is 0 Å². The van der Waals surface area contributed by atoms with Gasteiger partial charge in [0.2, 0.25) is 0 Å². The van der Waals surface area contributed by atoms with Gasteiger partial charge in [-0.1, -0.05) is 12.1 Å². The Kier molecular flexibility index (Phi) is 4.24. The summed E-state index contributed by atoms with van der Waals surface area (Å²) in [4.78, 5) is 6.98. The van der Waals surface area contributed by atoms with Crippen LogP contribution in [0.1, 0.15) is 11.5 Å². The predicted molar refractivity (Wildman–Crippen MR) is 66.8 cm³/mol. The van der Waals surface area contributed by atoms with Crippen molar-refractivity contribution in [1.82, 2.24) is 9.97 Å². The van der Waals surface area contributed by atoms with Gasteiger partial charge in [-0.2, -0.15) is 13.2 Å². The first-order chi connectivity index (χ1) is 9.75. The van der Waals surface area contributed by atoms with Crippen molar-refractivity contribution in [2.75, 3.05) is 0 Å². The highest BCUT2D eigenvalue weighted by atomic mass is 32.2. The van der Waals surface area contributed by atoms with Gasteiger partial charge in [0.25, 0.3) is 0 Å². The van der Waals surface area contributed by atoms with Crippen LogP contribution in [0.2, 0.25) is 0 Å². The molecule has 5 nitrogen and oxygen atoms in total. The van der Waals surface area contributed by atoms with E-state index in [9.17, 15) is 27.0 Å². The Labute approximate surface area is 119 Å². The van der Waals surface area contributed by atoms with Crippen LogP contribution >= 0.6 is 0 Å². The fraction of sp³-hybridized carbons (Fsp3) is 0.167. The van der Waals surface area contributed by atoms with Crippen LogP contribution in [-0.2, 0) is 23.0 Å². The molecule has 1 atom stereocenters. The predicted octanol–water partition coefficient (Wildman–Crippen LogP) is 2.25. The lowest BCUT2D eigenvalue weighted by molar-refractivity contribution is -0.141. The van der Waals surface area contributed by atoms with E-state index in [1.54, 1.807) is 0 Å². The van der Waals surface area contributed by atoms with Crippen LogP contribution in [0.25, 0.3) is 11.3 Å². The van der Waals surface area contributed by atoms with E-state index in [-0.39, 0.29) is 17.0 Å². The van der Waals surface area contributed by atoms with Crippen molar-refractivity contribution in [2.24, 2.45) is 0 Å². The maximum Gasteiger partial charge on any atom is 0.433 e. The van der Waals surface area contributed by atoms with Gasteiger partial charge >= 0.3 is 6.18 Å². The Bertz CT molecular complexity index is 692. The third-order valence-electron chi connectivity index (χ3n) is 2.45. The van der Waals surface area contributed by atoms with Crippen LogP contribution in [-0.4, -0.2) is 23.8 Å². The van der Waals surface area contributed by atoms with E-state index >= 15 is 0 Å². The summed E-state index contributed by atoms with van der Waals surface area (Å²) in [5.41, 5.74) is -1.13. The van der Waals surface area contributed by atoms with Crippen LogP contribution in [0.4, 0.5) is 13.2 Å². The Hall–Kier alpha value is -2.00. The van der Waals surface area contributed by atoms with Crippen molar-refractivity contribution in [3.8, 4) is 17.0 Å². The molecule has 112 valence electrons. The molecule has 1 N–H and O–H groups in total. The second-order valence-corrected chi connectivity index (χ2v) is 4.95. The second-order valence-electron chi connectivity index (χ2n) is 4.05. The van der Waals surface area contributed by atoms with Gasteiger partial charge in [-0.15, -0.1) is 0 Å². The van der Waals surface area contributed by atoms with E-state index in [1.807, 2.05) is 0 Å².